The van der Waals surface area contributed by atoms with Gasteiger partial charge in [-0.1, -0.05) is 249 Å². The van der Waals surface area contributed by atoms with E-state index in [1.165, 1.54) is 147 Å². The minimum atomic E-state index is 1.11. The summed E-state index contributed by atoms with van der Waals surface area (Å²) in [5, 5.41) is 15.0. The Labute approximate surface area is 617 Å². The first-order valence-corrected chi connectivity index (χ1v) is 38.6. The molecule has 0 N–H and O–H groups in total. The van der Waals surface area contributed by atoms with Gasteiger partial charge in [-0.3, -0.25) is 0 Å². The maximum absolute atomic E-state index is 2.56. The number of thiophene rings is 4. The topological polar surface area (TPSA) is 6.48 Å². The molecule has 0 atom stereocenters. The molecule has 486 valence electrons. The van der Waals surface area contributed by atoms with Crippen LogP contribution >= 0.6 is 45.3 Å². The van der Waals surface area contributed by atoms with Crippen LogP contribution in [0.5, 0.6) is 0 Å². The van der Waals surface area contributed by atoms with E-state index in [0.717, 1.165) is 56.4 Å². The molecule has 4 heterocycles. The number of para-hydroxylation sites is 4. The van der Waals surface area contributed by atoms with E-state index in [9.17, 15) is 0 Å². The van der Waals surface area contributed by atoms with E-state index >= 15 is 0 Å². The molecule has 0 aliphatic heterocycles. The van der Waals surface area contributed by atoms with Crippen molar-refractivity contribution >= 4 is 182 Å². The van der Waals surface area contributed by atoms with Gasteiger partial charge in [-0.25, -0.2) is 0 Å². The van der Waals surface area contributed by atoms with Crippen LogP contribution < -0.4 is 9.80 Å². The zero-order valence-corrected chi connectivity index (χ0v) is 59.4. The number of rotatable bonds is 12. The zero-order chi connectivity index (χ0) is 68.3. The van der Waals surface area contributed by atoms with Crippen LogP contribution in [0.15, 0.2) is 364 Å². The first-order chi connectivity index (χ1) is 51.5. The van der Waals surface area contributed by atoms with Crippen LogP contribution in [0.2, 0.25) is 0 Å². The van der Waals surface area contributed by atoms with Crippen LogP contribution in [0, 0.1) is 0 Å². The van der Waals surface area contributed by atoms with Crippen LogP contribution in [0.3, 0.4) is 0 Å². The summed E-state index contributed by atoms with van der Waals surface area (Å²) in [4.78, 5) is 5.11. The molecule has 21 rings (SSSR count). The van der Waals surface area contributed by atoms with Gasteiger partial charge in [0.15, 0.2) is 0 Å². The number of hydrogen-bond donors (Lipinski definition) is 0. The molecule has 104 heavy (non-hydrogen) atoms. The molecule has 21 aromatic rings. The first-order valence-electron chi connectivity index (χ1n) is 35.3. The minimum Gasteiger partial charge on any atom is -0.309 e. The Hall–Kier alpha value is -12.3. The van der Waals surface area contributed by atoms with Crippen molar-refractivity contribution in [2.24, 2.45) is 0 Å². The van der Waals surface area contributed by atoms with Crippen molar-refractivity contribution in [1.29, 1.82) is 0 Å². The minimum absolute atomic E-state index is 1.11. The van der Waals surface area contributed by atoms with Crippen LogP contribution in [0.25, 0.3) is 169 Å². The number of fused-ring (bicyclic) bond motifs is 14. The van der Waals surface area contributed by atoms with Crippen molar-refractivity contribution in [2.45, 2.75) is 0 Å². The Balaban J connectivity index is 0.697. The zero-order valence-electron chi connectivity index (χ0n) is 56.2. The highest BCUT2D eigenvalue weighted by Crippen LogP contribution is 2.54. The van der Waals surface area contributed by atoms with Gasteiger partial charge in [0.25, 0.3) is 0 Å². The van der Waals surface area contributed by atoms with Gasteiger partial charge in [0, 0.05) is 103 Å². The Morgan fingerprint density at radius 2 is 0.471 bits per heavy atom. The summed E-state index contributed by atoms with van der Waals surface area (Å²) in [5.74, 6) is 0. The average Bonchev–Trinajstić information content (AvgIpc) is 1.41. The highest BCUT2D eigenvalue weighted by atomic mass is 32.1. The molecule has 0 saturated heterocycles. The third-order valence-electron chi connectivity index (χ3n) is 21.1. The lowest BCUT2D eigenvalue weighted by molar-refractivity contribution is 1.30. The quantitative estimate of drug-likeness (QED) is 0.120. The standard InChI is InChI=1S/C98H60N2S4/c1-3-23-63-55-67(45-43-61(63)21-1)71-25-5-6-29-75(71)76-30-10-16-36-86(76)100(87-37-19-41-94-97(87)78-32-12-18-40-90(78)103-94)85-35-15-9-28-74(85)70-50-54-93-82(59-70)81-57-65(48-52-92(81)102-93)66-47-51-79-96(60-66)104-95-42-20-38-88(98(79)95)99(83-33-13-7-26-72(83)68-46-44-62-22-2-4-24-64(62)56-68)84-34-14-8-27-73(84)69-49-53-91-80(58-69)77-31-11-17-39-89(77)101-91/h1-60H. The Kier molecular flexibility index (Phi) is 14.4. The highest BCUT2D eigenvalue weighted by molar-refractivity contribution is 7.27. The first kappa shape index (κ1) is 60.5. The number of benzene rings is 17. The van der Waals surface area contributed by atoms with Crippen molar-refractivity contribution in [1.82, 2.24) is 0 Å². The molecule has 0 aliphatic carbocycles. The molecule has 0 spiro atoms. The third kappa shape index (κ3) is 10.1. The van der Waals surface area contributed by atoms with E-state index in [1.807, 2.05) is 45.3 Å². The third-order valence-corrected chi connectivity index (χ3v) is 25.6. The van der Waals surface area contributed by atoms with Gasteiger partial charge in [0.2, 0.25) is 0 Å². The van der Waals surface area contributed by atoms with Gasteiger partial charge in [-0.05, 0) is 181 Å². The van der Waals surface area contributed by atoms with Gasteiger partial charge < -0.3 is 9.80 Å². The van der Waals surface area contributed by atoms with Crippen LogP contribution in [-0.2, 0) is 0 Å². The molecule has 0 aliphatic rings. The van der Waals surface area contributed by atoms with E-state index in [2.05, 4.69) is 374 Å². The fraction of sp³-hybridized carbons (Fsp3) is 0. The molecule has 0 radical (unpaired) electrons. The normalized spacial score (nSPS) is 11.8. The molecule has 0 unspecified atom stereocenters. The lowest BCUT2D eigenvalue weighted by Crippen LogP contribution is -2.13. The predicted molar refractivity (Wildman–Crippen MR) is 455 cm³/mol. The molecule has 0 bridgehead atoms. The SMILES string of the molecule is c1ccc(-c2ccccc2N(c2ccccc2-c2ccc3sc4ccc(-c5ccc6c(c5)sc5cccc(N(c7ccccc7-c7ccc8ccccc8c7)c7ccccc7-c7ccc8sc9ccccc9c8c7)c56)cc4c3c2)c2cccc3sc4ccccc4c23)c(-c2ccc3ccccc3c2)c1. The van der Waals surface area contributed by atoms with Crippen LogP contribution in [0.1, 0.15) is 0 Å². The summed E-state index contributed by atoms with van der Waals surface area (Å²) in [6.45, 7) is 0. The van der Waals surface area contributed by atoms with E-state index in [1.54, 1.807) is 0 Å². The average molecular weight is 1390 g/mol. The molecule has 0 saturated carbocycles. The van der Waals surface area contributed by atoms with Gasteiger partial charge >= 0.3 is 0 Å². The Morgan fingerprint density at radius 1 is 0.154 bits per heavy atom. The molecule has 4 aromatic heterocycles. The van der Waals surface area contributed by atoms with E-state index in [4.69, 9.17) is 0 Å². The summed E-state index contributed by atoms with van der Waals surface area (Å²) in [6, 6.07) is 136. The molecule has 0 amide bonds. The van der Waals surface area contributed by atoms with Crippen molar-refractivity contribution < 1.29 is 0 Å². The number of hydrogen-bond acceptors (Lipinski definition) is 6. The lowest BCUT2D eigenvalue weighted by Gasteiger charge is -2.31. The molecular formula is C98H60N2S4. The van der Waals surface area contributed by atoms with Gasteiger partial charge in [0.1, 0.15) is 0 Å². The summed E-state index contributed by atoms with van der Waals surface area (Å²) in [5.41, 5.74) is 20.8. The second-order valence-electron chi connectivity index (χ2n) is 27.0. The van der Waals surface area contributed by atoms with Crippen molar-refractivity contribution in [3.63, 3.8) is 0 Å². The molecule has 2 nitrogen and oxygen atoms in total. The maximum Gasteiger partial charge on any atom is 0.0555 e. The molecule has 6 heteroatoms. The van der Waals surface area contributed by atoms with Gasteiger partial charge in [0.05, 0.1) is 34.1 Å². The summed E-state index contributed by atoms with van der Waals surface area (Å²) in [7, 11) is 0. The van der Waals surface area contributed by atoms with E-state index < -0.39 is 0 Å². The second-order valence-corrected chi connectivity index (χ2v) is 31.3. The van der Waals surface area contributed by atoms with E-state index in [-0.39, 0.29) is 0 Å². The van der Waals surface area contributed by atoms with Gasteiger partial charge in [-0.15, -0.1) is 45.3 Å². The summed E-state index contributed by atoms with van der Waals surface area (Å²) in [6.07, 6.45) is 0. The Morgan fingerprint density at radius 3 is 1.03 bits per heavy atom. The van der Waals surface area contributed by atoms with Crippen LogP contribution in [0.4, 0.5) is 34.1 Å². The molecule has 0 fully saturated rings. The van der Waals surface area contributed by atoms with Crippen LogP contribution in [-0.4, -0.2) is 0 Å². The smallest absolute Gasteiger partial charge is 0.0555 e. The number of anilines is 6. The second kappa shape index (κ2) is 24.8. The van der Waals surface area contributed by atoms with Crippen molar-refractivity contribution in [2.75, 3.05) is 9.80 Å². The number of nitrogens with zero attached hydrogens (tertiary/aromatic N) is 2. The van der Waals surface area contributed by atoms with Crippen molar-refractivity contribution in [3.8, 4) is 66.8 Å². The Bertz CT molecular complexity index is 7040. The fourth-order valence-corrected chi connectivity index (χ4v) is 20.7. The molecular weight excluding hydrogens is 1330 g/mol. The monoisotopic (exact) mass is 1390 g/mol. The van der Waals surface area contributed by atoms with E-state index in [0.29, 0.717) is 0 Å². The highest BCUT2D eigenvalue weighted by Gasteiger charge is 2.28. The van der Waals surface area contributed by atoms with Gasteiger partial charge in [-0.2, -0.15) is 0 Å². The predicted octanol–water partition coefficient (Wildman–Crippen LogP) is 30.4. The van der Waals surface area contributed by atoms with Crippen molar-refractivity contribution in [3.05, 3.63) is 364 Å². The maximum atomic E-state index is 2.56. The molecule has 17 aromatic carbocycles. The largest absolute Gasteiger partial charge is 0.309 e. The summed E-state index contributed by atoms with van der Waals surface area (Å²) >= 11 is 7.48. The lowest BCUT2D eigenvalue weighted by atomic mass is 9.91. The summed E-state index contributed by atoms with van der Waals surface area (Å²) < 4.78 is 10.2. The fourth-order valence-electron chi connectivity index (χ4n) is 16.2.